The highest BCUT2D eigenvalue weighted by Gasteiger charge is 2.21. The second-order valence-corrected chi connectivity index (χ2v) is 6.21. The summed E-state index contributed by atoms with van der Waals surface area (Å²) in [5.74, 6) is -1.82. The minimum Gasteiger partial charge on any atom is -0.449 e. The fourth-order valence-electron chi connectivity index (χ4n) is 1.64. The van der Waals surface area contributed by atoms with Crippen LogP contribution < -0.4 is 5.32 Å². The van der Waals surface area contributed by atoms with E-state index in [4.69, 9.17) is 10.00 Å². The Balaban J connectivity index is 2.03. The molecule has 0 unspecified atom stereocenters. The van der Waals surface area contributed by atoms with E-state index in [2.05, 4.69) is 21.2 Å². The van der Waals surface area contributed by atoms with Gasteiger partial charge in [-0.3, -0.25) is 4.79 Å². The molecule has 0 radical (unpaired) electrons. The van der Waals surface area contributed by atoms with Crippen molar-refractivity contribution in [1.29, 1.82) is 5.26 Å². The predicted molar refractivity (Wildman–Crippen MR) is 86.6 cm³/mol. The van der Waals surface area contributed by atoms with Crippen molar-refractivity contribution >= 4 is 44.1 Å². The molecule has 0 saturated carbocycles. The summed E-state index contributed by atoms with van der Waals surface area (Å²) in [5.41, 5.74) is 0.447. The Morgan fingerprint density at radius 1 is 1.43 bits per heavy atom. The number of rotatable bonds is 4. The van der Waals surface area contributed by atoms with Gasteiger partial charge in [-0.2, -0.15) is 5.26 Å². The molecule has 0 aliphatic rings. The van der Waals surface area contributed by atoms with Crippen LogP contribution in [0.15, 0.2) is 34.1 Å². The molecular formula is C15H10BrFN2O3S. The summed E-state index contributed by atoms with van der Waals surface area (Å²) in [6, 6.07) is 7.04. The molecule has 1 heterocycles. The quantitative estimate of drug-likeness (QED) is 0.798. The van der Waals surface area contributed by atoms with Gasteiger partial charge in [0.05, 0.1) is 11.1 Å². The average Bonchev–Trinajstić information content (AvgIpc) is 2.94. The molecule has 8 heteroatoms. The number of amides is 1. The van der Waals surface area contributed by atoms with Gasteiger partial charge in [-0.1, -0.05) is 0 Å². The molecule has 2 rings (SSSR count). The summed E-state index contributed by atoms with van der Waals surface area (Å²) in [5, 5.41) is 13.5. The molecule has 2 aromatic rings. The second kappa shape index (κ2) is 7.35. The molecule has 1 atom stereocenters. The van der Waals surface area contributed by atoms with Crippen LogP contribution in [0, 0.1) is 17.1 Å². The van der Waals surface area contributed by atoms with Gasteiger partial charge < -0.3 is 10.1 Å². The number of ether oxygens (including phenoxy) is 1. The molecule has 5 nitrogen and oxygen atoms in total. The van der Waals surface area contributed by atoms with Crippen LogP contribution in [0.4, 0.5) is 9.39 Å². The molecule has 0 spiro atoms. The maximum absolute atomic E-state index is 13.0. The Morgan fingerprint density at radius 3 is 2.83 bits per heavy atom. The maximum Gasteiger partial charge on any atom is 0.340 e. The number of benzene rings is 1. The fourth-order valence-corrected chi connectivity index (χ4v) is 2.89. The van der Waals surface area contributed by atoms with Gasteiger partial charge >= 0.3 is 5.97 Å². The molecule has 0 aliphatic heterocycles. The Hall–Kier alpha value is -2.24. The van der Waals surface area contributed by atoms with Crippen LogP contribution >= 0.6 is 27.3 Å². The standard InChI is InChI=1S/C15H10BrFN2O3S/c1-8(13(20)19-14-9(7-18)4-5-23-14)22-15(21)11-3-2-10(17)6-12(11)16/h2-6,8H,1H3,(H,19,20)/t8-/m0/s1. The summed E-state index contributed by atoms with van der Waals surface area (Å²) in [7, 11) is 0. The lowest BCUT2D eigenvalue weighted by Crippen LogP contribution is -2.30. The van der Waals surface area contributed by atoms with Crippen LogP contribution in [0.2, 0.25) is 0 Å². The zero-order valence-corrected chi connectivity index (χ0v) is 14.2. The number of nitriles is 1. The van der Waals surface area contributed by atoms with E-state index in [9.17, 15) is 14.0 Å². The van der Waals surface area contributed by atoms with Gasteiger partial charge in [0.1, 0.15) is 16.9 Å². The van der Waals surface area contributed by atoms with Crippen molar-refractivity contribution in [3.63, 3.8) is 0 Å². The van der Waals surface area contributed by atoms with E-state index in [1.807, 2.05) is 6.07 Å². The lowest BCUT2D eigenvalue weighted by Gasteiger charge is -2.13. The highest BCUT2D eigenvalue weighted by Crippen LogP contribution is 2.23. The third-order valence-corrected chi connectivity index (χ3v) is 4.31. The SMILES string of the molecule is C[C@H](OC(=O)c1ccc(F)cc1Br)C(=O)Nc1sccc1C#N. The summed E-state index contributed by atoms with van der Waals surface area (Å²) in [6.07, 6.45) is -1.08. The molecule has 1 aromatic carbocycles. The average molecular weight is 397 g/mol. The van der Waals surface area contributed by atoms with E-state index in [1.165, 1.54) is 24.3 Å². The number of nitrogens with zero attached hydrogens (tertiary/aromatic N) is 1. The summed E-state index contributed by atoms with van der Waals surface area (Å²) in [6.45, 7) is 1.41. The molecule has 0 fully saturated rings. The molecule has 1 amide bonds. The van der Waals surface area contributed by atoms with Crippen LogP contribution in [0.5, 0.6) is 0 Å². The molecule has 0 aliphatic carbocycles. The molecular weight excluding hydrogens is 387 g/mol. The number of carbonyl (C=O) groups is 2. The van der Waals surface area contributed by atoms with Crippen LogP contribution in [0.3, 0.4) is 0 Å². The second-order valence-electron chi connectivity index (χ2n) is 4.44. The van der Waals surface area contributed by atoms with E-state index < -0.39 is 23.8 Å². The summed E-state index contributed by atoms with van der Waals surface area (Å²) >= 11 is 4.26. The lowest BCUT2D eigenvalue weighted by molar-refractivity contribution is -0.123. The molecule has 0 saturated heterocycles. The first-order valence-electron chi connectivity index (χ1n) is 6.37. The fraction of sp³-hybridized carbons (Fsp3) is 0.133. The zero-order chi connectivity index (χ0) is 17.0. The van der Waals surface area contributed by atoms with E-state index in [1.54, 1.807) is 11.4 Å². The van der Waals surface area contributed by atoms with E-state index in [0.29, 0.717) is 10.6 Å². The minimum absolute atomic E-state index is 0.111. The van der Waals surface area contributed by atoms with Gasteiger partial charge in [0, 0.05) is 4.47 Å². The van der Waals surface area contributed by atoms with Gasteiger partial charge in [-0.15, -0.1) is 11.3 Å². The van der Waals surface area contributed by atoms with Gasteiger partial charge in [-0.25, -0.2) is 9.18 Å². The number of halogens is 2. The predicted octanol–water partition coefficient (Wildman–Crippen LogP) is 3.71. The molecule has 0 bridgehead atoms. The number of hydrogen-bond donors (Lipinski definition) is 1. The first-order valence-corrected chi connectivity index (χ1v) is 8.04. The van der Waals surface area contributed by atoms with Gasteiger partial charge in [-0.05, 0) is 52.5 Å². The molecule has 23 heavy (non-hydrogen) atoms. The van der Waals surface area contributed by atoms with Gasteiger partial charge in [0.2, 0.25) is 0 Å². The number of thiophene rings is 1. The first kappa shape index (κ1) is 17.1. The topological polar surface area (TPSA) is 79.2 Å². The monoisotopic (exact) mass is 396 g/mol. The normalized spacial score (nSPS) is 11.4. The number of hydrogen-bond acceptors (Lipinski definition) is 5. The van der Waals surface area contributed by atoms with Crippen molar-refractivity contribution in [2.45, 2.75) is 13.0 Å². The summed E-state index contributed by atoms with van der Waals surface area (Å²) in [4.78, 5) is 24.0. The van der Waals surface area contributed by atoms with Crippen molar-refractivity contribution in [3.8, 4) is 6.07 Å². The largest absolute Gasteiger partial charge is 0.449 e. The van der Waals surface area contributed by atoms with Crippen LogP contribution in [0.1, 0.15) is 22.8 Å². The molecule has 1 N–H and O–H groups in total. The number of carbonyl (C=O) groups excluding carboxylic acids is 2. The Morgan fingerprint density at radius 2 is 2.17 bits per heavy atom. The third kappa shape index (κ3) is 4.15. The van der Waals surface area contributed by atoms with Crippen molar-refractivity contribution in [2.24, 2.45) is 0 Å². The number of nitrogens with one attached hydrogen (secondary N) is 1. The molecule has 118 valence electrons. The molecule has 1 aromatic heterocycles. The Labute approximate surface area is 143 Å². The van der Waals surface area contributed by atoms with E-state index >= 15 is 0 Å². The van der Waals surface area contributed by atoms with E-state index in [-0.39, 0.29) is 10.0 Å². The van der Waals surface area contributed by atoms with Crippen LogP contribution in [0.25, 0.3) is 0 Å². The van der Waals surface area contributed by atoms with Crippen molar-refractivity contribution in [1.82, 2.24) is 0 Å². The van der Waals surface area contributed by atoms with Gasteiger partial charge in [0.25, 0.3) is 5.91 Å². The lowest BCUT2D eigenvalue weighted by atomic mass is 10.2. The summed E-state index contributed by atoms with van der Waals surface area (Å²) < 4.78 is 18.3. The smallest absolute Gasteiger partial charge is 0.340 e. The van der Waals surface area contributed by atoms with Crippen LogP contribution in [-0.4, -0.2) is 18.0 Å². The highest BCUT2D eigenvalue weighted by atomic mass is 79.9. The van der Waals surface area contributed by atoms with Crippen molar-refractivity contribution in [2.75, 3.05) is 5.32 Å². The Bertz CT molecular complexity index is 800. The van der Waals surface area contributed by atoms with Crippen molar-refractivity contribution in [3.05, 3.63) is 51.1 Å². The first-order chi connectivity index (χ1) is 10.9. The number of anilines is 1. The van der Waals surface area contributed by atoms with E-state index in [0.717, 1.165) is 12.1 Å². The van der Waals surface area contributed by atoms with Crippen LogP contribution in [-0.2, 0) is 9.53 Å². The van der Waals surface area contributed by atoms with Crippen molar-refractivity contribution < 1.29 is 18.7 Å². The maximum atomic E-state index is 13.0. The minimum atomic E-state index is -1.08. The zero-order valence-electron chi connectivity index (χ0n) is 11.8. The third-order valence-electron chi connectivity index (χ3n) is 2.83. The van der Waals surface area contributed by atoms with Gasteiger partial charge in [0.15, 0.2) is 6.10 Å². The number of esters is 1. The highest BCUT2D eigenvalue weighted by molar-refractivity contribution is 9.10. The Kier molecular flexibility index (Phi) is 5.47.